The highest BCUT2D eigenvalue weighted by atomic mass is 19.4. The molecule has 0 spiro atoms. The number of alkyl halides is 3. The van der Waals surface area contributed by atoms with E-state index in [-0.39, 0.29) is 45.9 Å². The van der Waals surface area contributed by atoms with E-state index in [0.717, 1.165) is 36.9 Å². The maximum atomic E-state index is 15.0. The van der Waals surface area contributed by atoms with E-state index in [4.69, 9.17) is 4.74 Å². The second-order valence-corrected chi connectivity index (χ2v) is 7.79. The maximum Gasteiger partial charge on any atom is 0.397 e. The number of imidazole rings is 1. The summed E-state index contributed by atoms with van der Waals surface area (Å²) in [5.41, 5.74) is -0.309. The lowest BCUT2D eigenvalue weighted by atomic mass is 10.1. The summed E-state index contributed by atoms with van der Waals surface area (Å²) in [5.74, 6) is -2.63. The Bertz CT molecular complexity index is 1210. The van der Waals surface area contributed by atoms with Gasteiger partial charge in [0.05, 0.1) is 24.8 Å². The number of ether oxygens (including phenoxy) is 1. The largest absolute Gasteiger partial charge is 0.495 e. The molecule has 0 bridgehead atoms. The molecule has 33 heavy (non-hydrogen) atoms. The summed E-state index contributed by atoms with van der Waals surface area (Å²) in [7, 11) is 1.24. The fourth-order valence-corrected chi connectivity index (χ4v) is 3.72. The van der Waals surface area contributed by atoms with Crippen molar-refractivity contribution in [3.63, 3.8) is 0 Å². The number of aromatic nitrogens is 4. The summed E-state index contributed by atoms with van der Waals surface area (Å²) in [6, 6.07) is 4.28. The first-order chi connectivity index (χ1) is 15.7. The van der Waals surface area contributed by atoms with Gasteiger partial charge in [0, 0.05) is 18.7 Å². The minimum absolute atomic E-state index is 0.000435. The lowest BCUT2D eigenvalue weighted by Gasteiger charge is -2.25. The Morgan fingerprint density at radius 3 is 2.79 bits per heavy atom. The number of piperidine rings is 1. The monoisotopic (exact) mass is 463 g/mol. The number of pyridine rings is 1. The summed E-state index contributed by atoms with van der Waals surface area (Å²) in [4.78, 5) is 8.44. The molecule has 2 N–H and O–H groups in total. The van der Waals surface area contributed by atoms with Crippen LogP contribution in [0.5, 0.6) is 5.75 Å². The number of anilines is 1. The van der Waals surface area contributed by atoms with E-state index >= 15 is 0 Å². The zero-order valence-electron chi connectivity index (χ0n) is 17.9. The molecule has 3 aromatic rings. The van der Waals surface area contributed by atoms with Gasteiger partial charge in [-0.3, -0.25) is 0 Å². The fraction of sp³-hybridized carbons (Fsp3) is 0.429. The van der Waals surface area contributed by atoms with E-state index in [1.165, 1.54) is 19.4 Å². The van der Waals surface area contributed by atoms with Crippen LogP contribution in [0.25, 0.3) is 17.0 Å². The predicted molar refractivity (Wildman–Crippen MR) is 111 cm³/mol. The Hall–Kier alpha value is -3.46. The van der Waals surface area contributed by atoms with Crippen LogP contribution in [-0.4, -0.2) is 52.0 Å². The predicted octanol–water partition coefficient (Wildman–Crippen LogP) is 3.64. The highest BCUT2D eigenvalue weighted by molar-refractivity contribution is 5.66. The summed E-state index contributed by atoms with van der Waals surface area (Å²) in [5, 5.41) is 19.9. The van der Waals surface area contributed by atoms with Gasteiger partial charge in [-0.1, -0.05) is 0 Å². The smallest absolute Gasteiger partial charge is 0.397 e. The number of hydrogen-bond acceptors (Lipinski definition) is 7. The van der Waals surface area contributed by atoms with Crippen molar-refractivity contribution in [1.82, 2.24) is 24.9 Å². The second-order valence-electron chi connectivity index (χ2n) is 7.79. The van der Waals surface area contributed by atoms with Crippen LogP contribution >= 0.6 is 0 Å². The molecule has 174 valence electrons. The SMILES string of the molecule is COc1cc2ncc(-c3nc(NC4CCCNC4)c(C#N)cc3F)n2nc1C(C)C(F)(F)F. The van der Waals surface area contributed by atoms with Gasteiger partial charge in [0.15, 0.2) is 11.5 Å². The van der Waals surface area contributed by atoms with Crippen molar-refractivity contribution in [3.8, 4) is 23.2 Å². The van der Waals surface area contributed by atoms with Gasteiger partial charge in [-0.05, 0) is 32.4 Å². The molecule has 1 aliphatic heterocycles. The highest BCUT2D eigenvalue weighted by Crippen LogP contribution is 2.38. The van der Waals surface area contributed by atoms with Crippen LogP contribution in [0.1, 0.15) is 36.9 Å². The number of rotatable bonds is 5. The van der Waals surface area contributed by atoms with Crippen LogP contribution in [0.3, 0.4) is 0 Å². The van der Waals surface area contributed by atoms with Gasteiger partial charge in [0.2, 0.25) is 0 Å². The third-order valence-electron chi connectivity index (χ3n) is 5.58. The van der Waals surface area contributed by atoms with E-state index in [9.17, 15) is 22.8 Å². The van der Waals surface area contributed by atoms with E-state index in [0.29, 0.717) is 6.54 Å². The molecule has 4 heterocycles. The van der Waals surface area contributed by atoms with Crippen LogP contribution in [0.4, 0.5) is 23.4 Å². The van der Waals surface area contributed by atoms with Gasteiger partial charge in [-0.2, -0.15) is 23.5 Å². The summed E-state index contributed by atoms with van der Waals surface area (Å²) < 4.78 is 61.3. The molecule has 12 heteroatoms. The molecule has 1 fully saturated rings. The minimum atomic E-state index is -4.56. The second kappa shape index (κ2) is 8.82. The van der Waals surface area contributed by atoms with Crippen LogP contribution in [0, 0.1) is 17.1 Å². The first kappa shape index (κ1) is 22.7. The van der Waals surface area contributed by atoms with Gasteiger partial charge in [0.1, 0.15) is 34.7 Å². The van der Waals surface area contributed by atoms with Crippen molar-refractivity contribution in [2.24, 2.45) is 0 Å². The molecular formula is C21H21F4N7O. The van der Waals surface area contributed by atoms with Crippen molar-refractivity contribution in [3.05, 3.63) is 35.4 Å². The molecule has 2 atom stereocenters. The Morgan fingerprint density at radius 1 is 1.36 bits per heavy atom. The fourth-order valence-electron chi connectivity index (χ4n) is 3.72. The Morgan fingerprint density at radius 2 is 2.15 bits per heavy atom. The molecule has 0 aromatic carbocycles. The average Bonchev–Trinajstić information content (AvgIpc) is 3.21. The summed E-state index contributed by atoms with van der Waals surface area (Å²) in [6.45, 7) is 2.52. The topological polar surface area (TPSA) is 100 Å². The molecule has 0 radical (unpaired) electrons. The molecular weight excluding hydrogens is 442 g/mol. The Balaban J connectivity index is 1.83. The van der Waals surface area contributed by atoms with E-state index in [1.54, 1.807) is 0 Å². The van der Waals surface area contributed by atoms with E-state index in [1.807, 2.05) is 6.07 Å². The number of nitriles is 1. The van der Waals surface area contributed by atoms with Crippen molar-refractivity contribution >= 4 is 11.5 Å². The van der Waals surface area contributed by atoms with Crippen molar-refractivity contribution in [1.29, 1.82) is 5.26 Å². The molecule has 1 aliphatic rings. The molecule has 4 rings (SSSR count). The van der Waals surface area contributed by atoms with Crippen LogP contribution in [-0.2, 0) is 0 Å². The van der Waals surface area contributed by atoms with Crippen molar-refractivity contribution in [2.75, 3.05) is 25.5 Å². The first-order valence-electron chi connectivity index (χ1n) is 10.3. The Labute approximate surface area is 186 Å². The maximum absolute atomic E-state index is 15.0. The number of methoxy groups -OCH3 is 1. The number of nitrogens with one attached hydrogen (secondary N) is 2. The number of fused-ring (bicyclic) bond motifs is 1. The van der Waals surface area contributed by atoms with E-state index in [2.05, 4.69) is 25.7 Å². The number of nitrogens with zero attached hydrogens (tertiary/aromatic N) is 5. The van der Waals surface area contributed by atoms with Crippen LogP contribution < -0.4 is 15.4 Å². The van der Waals surface area contributed by atoms with Crippen molar-refractivity contribution < 1.29 is 22.3 Å². The van der Waals surface area contributed by atoms with E-state index < -0.39 is 17.9 Å². The molecule has 8 nitrogen and oxygen atoms in total. The molecule has 3 aromatic heterocycles. The van der Waals surface area contributed by atoms with Crippen molar-refractivity contribution in [2.45, 2.75) is 37.9 Å². The third kappa shape index (κ3) is 4.41. The van der Waals surface area contributed by atoms with Gasteiger partial charge < -0.3 is 15.4 Å². The standard InChI is InChI=1S/C21H21F4N7O/c1-11(21(23,24)25)18-16(33-2)7-17-28-10-15(32(17)31-18)19-14(22)6-12(8-26)20(30-19)29-13-4-3-5-27-9-13/h6-7,10-11,13,27H,3-5,9H2,1-2H3,(H,29,30). The molecule has 1 saturated heterocycles. The molecule has 0 aliphatic carbocycles. The minimum Gasteiger partial charge on any atom is -0.495 e. The van der Waals surface area contributed by atoms with Gasteiger partial charge in [-0.25, -0.2) is 18.9 Å². The summed E-state index contributed by atoms with van der Waals surface area (Å²) in [6.07, 6.45) is -1.50. The normalized spacial score (nSPS) is 17.5. The first-order valence-corrected chi connectivity index (χ1v) is 10.3. The lowest BCUT2D eigenvalue weighted by Crippen LogP contribution is -2.38. The average molecular weight is 463 g/mol. The third-order valence-corrected chi connectivity index (χ3v) is 5.58. The summed E-state index contributed by atoms with van der Waals surface area (Å²) >= 11 is 0. The molecule has 0 saturated carbocycles. The zero-order valence-corrected chi connectivity index (χ0v) is 17.9. The number of hydrogen-bond donors (Lipinski definition) is 2. The van der Waals surface area contributed by atoms with Gasteiger partial charge in [-0.15, -0.1) is 0 Å². The van der Waals surface area contributed by atoms with Gasteiger partial charge >= 0.3 is 6.18 Å². The Kier molecular flexibility index (Phi) is 6.07. The molecule has 2 unspecified atom stereocenters. The van der Waals surface area contributed by atoms with Crippen LogP contribution in [0.2, 0.25) is 0 Å². The lowest BCUT2D eigenvalue weighted by molar-refractivity contribution is -0.147. The zero-order chi connectivity index (χ0) is 23.8. The van der Waals surface area contributed by atoms with Crippen LogP contribution in [0.15, 0.2) is 18.3 Å². The highest BCUT2D eigenvalue weighted by Gasteiger charge is 2.40. The van der Waals surface area contributed by atoms with Gasteiger partial charge in [0.25, 0.3) is 0 Å². The quantitative estimate of drug-likeness (QED) is 0.558. The number of halogens is 4. The molecule has 0 amide bonds.